The van der Waals surface area contributed by atoms with Crippen molar-refractivity contribution in [2.24, 2.45) is 0 Å². The van der Waals surface area contributed by atoms with Gasteiger partial charge in [0.05, 0.1) is 19.8 Å². The molecule has 3 rings (SSSR count). The molecule has 2 aliphatic rings. The molecule has 1 aliphatic carbocycles. The Balaban J connectivity index is 1.59. The molecular formula is C13H23N5O. The Morgan fingerprint density at radius 3 is 3.16 bits per heavy atom. The van der Waals surface area contributed by atoms with Crippen molar-refractivity contribution in [1.82, 2.24) is 25.0 Å². The number of aryl methyl sites for hydroxylation is 1. The summed E-state index contributed by atoms with van der Waals surface area (Å²) in [6.07, 6.45) is 4.31. The number of rotatable bonds is 6. The van der Waals surface area contributed by atoms with Gasteiger partial charge in [-0.05, 0) is 19.8 Å². The standard InChI is InChI=1S/C13H23N5O/c1-2-18-13(15-10-16-18)8-17-5-6-19-9-12(17)7-14-11-3-4-11/h10-12,14H,2-9H2,1H3. The van der Waals surface area contributed by atoms with Crippen LogP contribution >= 0.6 is 0 Å². The Labute approximate surface area is 114 Å². The van der Waals surface area contributed by atoms with Gasteiger partial charge in [-0.2, -0.15) is 5.10 Å². The number of ether oxygens (including phenoxy) is 1. The van der Waals surface area contributed by atoms with Crippen LogP contribution in [-0.4, -0.2) is 58.1 Å². The van der Waals surface area contributed by atoms with Crippen molar-refractivity contribution in [3.05, 3.63) is 12.2 Å². The normalized spacial score (nSPS) is 24.8. The van der Waals surface area contributed by atoms with Crippen molar-refractivity contribution >= 4 is 0 Å². The van der Waals surface area contributed by atoms with E-state index in [1.54, 1.807) is 6.33 Å². The third-order valence-electron chi connectivity index (χ3n) is 3.91. The third kappa shape index (κ3) is 3.32. The van der Waals surface area contributed by atoms with E-state index in [2.05, 4.69) is 27.2 Å². The van der Waals surface area contributed by atoms with E-state index in [1.165, 1.54) is 12.8 Å². The Bertz CT molecular complexity index is 403. The van der Waals surface area contributed by atoms with Crippen molar-refractivity contribution in [2.45, 2.75) is 44.9 Å². The van der Waals surface area contributed by atoms with E-state index in [-0.39, 0.29) is 0 Å². The summed E-state index contributed by atoms with van der Waals surface area (Å²) in [5.74, 6) is 1.06. The summed E-state index contributed by atoms with van der Waals surface area (Å²) in [7, 11) is 0. The first-order valence-electron chi connectivity index (χ1n) is 7.28. The molecule has 2 fully saturated rings. The summed E-state index contributed by atoms with van der Waals surface area (Å²) in [6, 6.07) is 1.21. The summed E-state index contributed by atoms with van der Waals surface area (Å²) in [5.41, 5.74) is 0. The van der Waals surface area contributed by atoms with Gasteiger partial charge in [0.2, 0.25) is 0 Å². The highest BCUT2D eigenvalue weighted by molar-refractivity contribution is 4.90. The zero-order chi connectivity index (χ0) is 13.1. The lowest BCUT2D eigenvalue weighted by atomic mass is 10.2. The van der Waals surface area contributed by atoms with Crippen molar-refractivity contribution < 1.29 is 4.74 Å². The number of hydrogen-bond acceptors (Lipinski definition) is 5. The number of morpholine rings is 1. The predicted molar refractivity (Wildman–Crippen MR) is 71.7 cm³/mol. The Morgan fingerprint density at radius 2 is 2.37 bits per heavy atom. The Hall–Kier alpha value is -0.980. The number of aromatic nitrogens is 3. The van der Waals surface area contributed by atoms with Crippen LogP contribution in [0.25, 0.3) is 0 Å². The van der Waals surface area contributed by atoms with Gasteiger partial charge in [-0.3, -0.25) is 4.90 Å². The molecule has 6 heteroatoms. The van der Waals surface area contributed by atoms with E-state index >= 15 is 0 Å². The van der Waals surface area contributed by atoms with Gasteiger partial charge in [-0.1, -0.05) is 0 Å². The first-order valence-corrected chi connectivity index (χ1v) is 7.28. The molecular weight excluding hydrogens is 242 g/mol. The van der Waals surface area contributed by atoms with Crippen molar-refractivity contribution in [3.63, 3.8) is 0 Å². The minimum absolute atomic E-state index is 0.455. The van der Waals surface area contributed by atoms with E-state index in [4.69, 9.17) is 4.74 Å². The minimum Gasteiger partial charge on any atom is -0.378 e. The highest BCUT2D eigenvalue weighted by atomic mass is 16.5. The molecule has 1 N–H and O–H groups in total. The van der Waals surface area contributed by atoms with E-state index in [0.717, 1.165) is 51.3 Å². The van der Waals surface area contributed by atoms with Gasteiger partial charge in [0.1, 0.15) is 12.2 Å². The average Bonchev–Trinajstić information content (AvgIpc) is 3.16. The summed E-state index contributed by atoms with van der Waals surface area (Å²) in [4.78, 5) is 6.84. The fourth-order valence-corrected chi connectivity index (χ4v) is 2.53. The van der Waals surface area contributed by atoms with Gasteiger partial charge in [-0.15, -0.1) is 0 Å². The van der Waals surface area contributed by atoms with E-state index in [0.29, 0.717) is 6.04 Å². The Kier molecular flexibility index (Phi) is 4.10. The highest BCUT2D eigenvalue weighted by Crippen LogP contribution is 2.19. The molecule has 1 saturated carbocycles. The van der Waals surface area contributed by atoms with Gasteiger partial charge in [0, 0.05) is 31.7 Å². The van der Waals surface area contributed by atoms with Crippen LogP contribution in [0.3, 0.4) is 0 Å². The zero-order valence-electron chi connectivity index (χ0n) is 11.6. The summed E-state index contributed by atoms with van der Waals surface area (Å²) < 4.78 is 7.59. The lowest BCUT2D eigenvalue weighted by Gasteiger charge is -2.35. The quantitative estimate of drug-likeness (QED) is 0.799. The molecule has 1 unspecified atom stereocenters. The van der Waals surface area contributed by atoms with Crippen LogP contribution in [0.1, 0.15) is 25.6 Å². The molecule has 106 valence electrons. The van der Waals surface area contributed by atoms with Crippen molar-refractivity contribution in [2.75, 3.05) is 26.3 Å². The molecule has 0 spiro atoms. The topological polar surface area (TPSA) is 55.2 Å². The molecule has 0 radical (unpaired) electrons. The molecule has 6 nitrogen and oxygen atoms in total. The van der Waals surface area contributed by atoms with Crippen LogP contribution in [0.4, 0.5) is 0 Å². The van der Waals surface area contributed by atoms with Crippen LogP contribution in [0, 0.1) is 0 Å². The van der Waals surface area contributed by atoms with Gasteiger partial charge in [-0.25, -0.2) is 9.67 Å². The molecule has 19 heavy (non-hydrogen) atoms. The van der Waals surface area contributed by atoms with Crippen molar-refractivity contribution in [3.8, 4) is 0 Å². The summed E-state index contributed by atoms with van der Waals surface area (Å²) >= 11 is 0. The monoisotopic (exact) mass is 265 g/mol. The van der Waals surface area contributed by atoms with E-state index in [1.807, 2.05) is 4.68 Å². The minimum atomic E-state index is 0.455. The van der Waals surface area contributed by atoms with Gasteiger partial charge < -0.3 is 10.1 Å². The van der Waals surface area contributed by atoms with Gasteiger partial charge in [0.25, 0.3) is 0 Å². The van der Waals surface area contributed by atoms with Crippen LogP contribution in [0.5, 0.6) is 0 Å². The number of nitrogens with one attached hydrogen (secondary N) is 1. The number of nitrogens with zero attached hydrogens (tertiary/aromatic N) is 4. The van der Waals surface area contributed by atoms with Crippen LogP contribution in [-0.2, 0) is 17.8 Å². The van der Waals surface area contributed by atoms with Crippen molar-refractivity contribution in [1.29, 1.82) is 0 Å². The summed E-state index contributed by atoms with van der Waals surface area (Å²) in [6.45, 7) is 7.49. The van der Waals surface area contributed by atoms with E-state index < -0.39 is 0 Å². The maximum atomic E-state index is 5.62. The molecule has 0 bridgehead atoms. The first-order chi connectivity index (χ1) is 9.36. The molecule has 1 aromatic rings. The third-order valence-corrected chi connectivity index (χ3v) is 3.91. The Morgan fingerprint density at radius 1 is 1.47 bits per heavy atom. The smallest absolute Gasteiger partial charge is 0.141 e. The van der Waals surface area contributed by atoms with Crippen LogP contribution < -0.4 is 5.32 Å². The predicted octanol–water partition coefficient (Wildman–Crippen LogP) is 0.251. The SMILES string of the molecule is CCn1ncnc1CN1CCOCC1CNC1CC1. The van der Waals surface area contributed by atoms with Gasteiger partial charge >= 0.3 is 0 Å². The molecule has 1 saturated heterocycles. The average molecular weight is 265 g/mol. The maximum Gasteiger partial charge on any atom is 0.141 e. The largest absolute Gasteiger partial charge is 0.378 e. The lowest BCUT2D eigenvalue weighted by Crippen LogP contribution is -2.50. The second-order valence-electron chi connectivity index (χ2n) is 5.37. The molecule has 1 atom stereocenters. The highest BCUT2D eigenvalue weighted by Gasteiger charge is 2.27. The van der Waals surface area contributed by atoms with Crippen LogP contribution in [0.2, 0.25) is 0 Å². The second kappa shape index (κ2) is 5.98. The fraction of sp³-hybridized carbons (Fsp3) is 0.846. The molecule has 1 aromatic heterocycles. The first kappa shape index (κ1) is 13.0. The molecule has 0 aromatic carbocycles. The fourth-order valence-electron chi connectivity index (χ4n) is 2.53. The van der Waals surface area contributed by atoms with Gasteiger partial charge in [0.15, 0.2) is 0 Å². The maximum absolute atomic E-state index is 5.62. The van der Waals surface area contributed by atoms with Crippen LogP contribution in [0.15, 0.2) is 6.33 Å². The van der Waals surface area contributed by atoms with E-state index in [9.17, 15) is 0 Å². The molecule has 0 amide bonds. The molecule has 1 aliphatic heterocycles. The second-order valence-corrected chi connectivity index (χ2v) is 5.37. The zero-order valence-corrected chi connectivity index (χ0v) is 11.6. The number of hydrogen-bond donors (Lipinski definition) is 1. The molecule has 2 heterocycles. The summed E-state index contributed by atoms with van der Waals surface area (Å²) in [5, 5.41) is 7.84. The lowest BCUT2D eigenvalue weighted by molar-refractivity contribution is -0.0126.